The Balaban J connectivity index is 1.47. The molecule has 1 saturated heterocycles. The minimum atomic E-state index is -0.256. The Morgan fingerprint density at radius 1 is 0.926 bits per heavy atom. The van der Waals surface area contributed by atoms with Gasteiger partial charge in [-0.25, -0.2) is 0 Å². The molecule has 0 saturated carbocycles. The van der Waals surface area contributed by atoms with Gasteiger partial charge in [0.25, 0.3) is 0 Å². The Hall–Kier alpha value is -1.30. The first kappa shape index (κ1) is 22.0. The minimum Gasteiger partial charge on any atom is -0.497 e. The van der Waals surface area contributed by atoms with Gasteiger partial charge in [-0.2, -0.15) is 0 Å². The Morgan fingerprint density at radius 2 is 1.56 bits per heavy atom. The zero-order chi connectivity index (χ0) is 19.8. The van der Waals surface area contributed by atoms with Crippen LogP contribution in [0.3, 0.4) is 0 Å². The quantitative estimate of drug-likeness (QED) is 0.387. The third-order valence-corrected chi connectivity index (χ3v) is 5.40. The van der Waals surface area contributed by atoms with Crippen LogP contribution in [0.1, 0.15) is 65.4 Å². The minimum absolute atomic E-state index is 0.221. The molecule has 0 aliphatic carbocycles. The fraction of sp³-hybridized carbons (Fsp3) is 0.636. The van der Waals surface area contributed by atoms with E-state index < -0.39 is 0 Å². The van der Waals surface area contributed by atoms with E-state index in [0.29, 0.717) is 6.61 Å². The first-order valence-electron chi connectivity index (χ1n) is 10.1. The lowest BCUT2D eigenvalue weighted by molar-refractivity contribution is 0.00578. The standard InChI is InChI=1S/C22H35BO4/c1-21(2)22(3,4)27-23(26-21)16-10-8-6-7-9-11-17-25-18-19-12-14-20(24-5)15-13-19/h10,12-16H,6-9,11,17-18H2,1-5H3/b16-10-. The third-order valence-electron chi connectivity index (χ3n) is 5.40. The Morgan fingerprint density at radius 3 is 2.19 bits per heavy atom. The fourth-order valence-corrected chi connectivity index (χ4v) is 2.91. The van der Waals surface area contributed by atoms with Crippen molar-refractivity contribution in [3.8, 4) is 5.75 Å². The lowest BCUT2D eigenvalue weighted by atomic mass is 9.89. The van der Waals surface area contributed by atoms with E-state index in [-0.39, 0.29) is 18.3 Å². The van der Waals surface area contributed by atoms with Gasteiger partial charge in [0.1, 0.15) is 5.75 Å². The normalized spacial score (nSPS) is 18.3. The van der Waals surface area contributed by atoms with Crippen molar-refractivity contribution in [1.82, 2.24) is 0 Å². The molecule has 27 heavy (non-hydrogen) atoms. The number of ether oxygens (including phenoxy) is 2. The summed E-state index contributed by atoms with van der Waals surface area (Å²) in [6.45, 7) is 9.81. The molecule has 0 aromatic heterocycles. The fourth-order valence-electron chi connectivity index (χ4n) is 2.91. The average molecular weight is 374 g/mol. The lowest BCUT2D eigenvalue weighted by Gasteiger charge is -2.32. The first-order chi connectivity index (χ1) is 12.8. The van der Waals surface area contributed by atoms with Crippen LogP contribution in [0.15, 0.2) is 36.3 Å². The highest BCUT2D eigenvalue weighted by Gasteiger charge is 2.49. The molecule has 1 aliphatic heterocycles. The van der Waals surface area contributed by atoms with Crippen molar-refractivity contribution < 1.29 is 18.8 Å². The highest BCUT2D eigenvalue weighted by atomic mass is 16.7. The summed E-state index contributed by atoms with van der Waals surface area (Å²) in [5.41, 5.74) is 0.672. The van der Waals surface area contributed by atoms with Gasteiger partial charge in [0.2, 0.25) is 0 Å². The lowest BCUT2D eigenvalue weighted by Crippen LogP contribution is -2.41. The number of unbranched alkanes of at least 4 members (excludes halogenated alkanes) is 4. The van der Waals surface area contributed by atoms with Gasteiger partial charge in [0.15, 0.2) is 0 Å². The van der Waals surface area contributed by atoms with Crippen LogP contribution in [0.2, 0.25) is 0 Å². The van der Waals surface area contributed by atoms with Gasteiger partial charge >= 0.3 is 7.12 Å². The summed E-state index contributed by atoms with van der Waals surface area (Å²) < 4.78 is 22.8. The van der Waals surface area contributed by atoms with Crippen LogP contribution in [-0.4, -0.2) is 32.0 Å². The van der Waals surface area contributed by atoms with Crippen LogP contribution >= 0.6 is 0 Å². The monoisotopic (exact) mass is 374 g/mol. The molecule has 0 unspecified atom stereocenters. The van der Waals surface area contributed by atoms with Crippen molar-refractivity contribution in [1.29, 1.82) is 0 Å². The molecule has 0 bridgehead atoms. The van der Waals surface area contributed by atoms with Gasteiger partial charge in [-0.1, -0.05) is 37.0 Å². The van der Waals surface area contributed by atoms with Gasteiger partial charge in [-0.15, -0.1) is 0 Å². The van der Waals surface area contributed by atoms with Gasteiger partial charge in [-0.05, 0) is 64.7 Å². The smallest absolute Gasteiger partial charge is 0.486 e. The molecule has 0 atom stereocenters. The molecular weight excluding hydrogens is 339 g/mol. The van der Waals surface area contributed by atoms with Crippen molar-refractivity contribution in [3.05, 3.63) is 41.9 Å². The van der Waals surface area contributed by atoms with Crippen molar-refractivity contribution in [2.45, 2.75) is 77.6 Å². The maximum absolute atomic E-state index is 5.95. The van der Waals surface area contributed by atoms with E-state index in [1.54, 1.807) is 7.11 Å². The number of allylic oxidation sites excluding steroid dienone is 1. The summed E-state index contributed by atoms with van der Waals surface area (Å²) in [6.07, 6.45) is 7.97. The number of rotatable bonds is 11. The second kappa shape index (κ2) is 10.3. The second-order valence-corrected chi connectivity index (χ2v) is 8.16. The highest BCUT2D eigenvalue weighted by Crippen LogP contribution is 2.36. The number of hydrogen-bond acceptors (Lipinski definition) is 4. The molecule has 1 fully saturated rings. The van der Waals surface area contributed by atoms with Gasteiger partial charge in [-0.3, -0.25) is 0 Å². The summed E-state index contributed by atoms with van der Waals surface area (Å²) in [7, 11) is 1.46. The molecule has 0 spiro atoms. The Kier molecular flexibility index (Phi) is 8.40. The van der Waals surface area contributed by atoms with Gasteiger partial charge in [0.05, 0.1) is 24.9 Å². The Labute approximate surface area is 165 Å². The summed E-state index contributed by atoms with van der Waals surface area (Å²) >= 11 is 0. The molecule has 5 heteroatoms. The maximum atomic E-state index is 5.95. The SMILES string of the molecule is COc1ccc(COCCCCCC/C=C\B2OC(C)(C)C(C)(C)O2)cc1. The predicted molar refractivity (Wildman–Crippen MR) is 111 cm³/mol. The largest absolute Gasteiger partial charge is 0.497 e. The molecule has 1 aromatic carbocycles. The topological polar surface area (TPSA) is 36.9 Å². The zero-order valence-corrected chi connectivity index (χ0v) is 17.6. The van der Waals surface area contributed by atoms with Crippen LogP contribution in [-0.2, 0) is 20.7 Å². The van der Waals surface area contributed by atoms with E-state index in [0.717, 1.165) is 25.2 Å². The average Bonchev–Trinajstić information content (AvgIpc) is 2.84. The molecule has 0 N–H and O–H groups in total. The molecule has 1 heterocycles. The highest BCUT2D eigenvalue weighted by molar-refractivity contribution is 6.51. The predicted octanol–water partition coefficient (Wildman–Crippen LogP) is 5.35. The summed E-state index contributed by atoms with van der Waals surface area (Å²) in [5, 5.41) is 0. The molecule has 1 aliphatic rings. The van der Waals surface area contributed by atoms with E-state index in [1.807, 2.05) is 24.3 Å². The molecular formula is C22H35BO4. The van der Waals surface area contributed by atoms with E-state index in [2.05, 4.69) is 39.7 Å². The van der Waals surface area contributed by atoms with E-state index in [4.69, 9.17) is 18.8 Å². The van der Waals surface area contributed by atoms with Crippen LogP contribution in [0.5, 0.6) is 5.75 Å². The zero-order valence-electron chi connectivity index (χ0n) is 17.6. The van der Waals surface area contributed by atoms with Crippen LogP contribution in [0.4, 0.5) is 0 Å². The van der Waals surface area contributed by atoms with Gasteiger partial charge in [0, 0.05) is 6.61 Å². The summed E-state index contributed by atoms with van der Waals surface area (Å²) in [5.74, 6) is 2.93. The maximum Gasteiger partial charge on any atom is 0.486 e. The van der Waals surface area contributed by atoms with E-state index >= 15 is 0 Å². The molecule has 0 amide bonds. The summed E-state index contributed by atoms with van der Waals surface area (Å²) in [4.78, 5) is 0. The molecule has 2 rings (SSSR count). The van der Waals surface area contributed by atoms with Crippen molar-refractivity contribution in [3.63, 3.8) is 0 Å². The molecule has 1 aromatic rings. The Bertz CT molecular complexity index is 564. The molecule has 150 valence electrons. The van der Waals surface area contributed by atoms with Gasteiger partial charge < -0.3 is 18.8 Å². The van der Waals surface area contributed by atoms with E-state index in [1.165, 1.54) is 24.8 Å². The van der Waals surface area contributed by atoms with Crippen LogP contribution in [0, 0.1) is 0 Å². The van der Waals surface area contributed by atoms with Crippen LogP contribution in [0.25, 0.3) is 0 Å². The molecule has 0 radical (unpaired) electrons. The third kappa shape index (κ3) is 6.98. The number of benzene rings is 1. The summed E-state index contributed by atoms with van der Waals surface area (Å²) in [6, 6.07) is 8.03. The number of methoxy groups -OCH3 is 1. The molecule has 4 nitrogen and oxygen atoms in total. The van der Waals surface area contributed by atoms with Crippen molar-refractivity contribution >= 4 is 7.12 Å². The second-order valence-electron chi connectivity index (χ2n) is 8.16. The van der Waals surface area contributed by atoms with Crippen molar-refractivity contribution in [2.24, 2.45) is 0 Å². The van der Waals surface area contributed by atoms with E-state index in [9.17, 15) is 0 Å². The van der Waals surface area contributed by atoms with Crippen molar-refractivity contribution in [2.75, 3.05) is 13.7 Å². The van der Waals surface area contributed by atoms with Crippen LogP contribution < -0.4 is 4.74 Å². The first-order valence-corrected chi connectivity index (χ1v) is 10.1. The number of hydrogen-bond donors (Lipinski definition) is 0.